The van der Waals surface area contributed by atoms with E-state index in [1.807, 2.05) is 24.3 Å². The van der Waals surface area contributed by atoms with Gasteiger partial charge in [-0.15, -0.1) is 0 Å². The van der Waals surface area contributed by atoms with Gasteiger partial charge >= 0.3 is 0 Å². The molecule has 0 saturated carbocycles. The molecule has 0 radical (unpaired) electrons. The molecule has 0 amide bonds. The van der Waals surface area contributed by atoms with Gasteiger partial charge in [-0.2, -0.15) is 0 Å². The van der Waals surface area contributed by atoms with Crippen LogP contribution < -0.4 is 0 Å². The van der Waals surface area contributed by atoms with Crippen LogP contribution in [-0.4, -0.2) is 10.8 Å². The molecule has 0 aliphatic carbocycles. The van der Waals surface area contributed by atoms with Crippen molar-refractivity contribution in [1.82, 2.24) is 0 Å². The Balaban J connectivity index is 2.71. The molecule has 0 fully saturated rings. The summed E-state index contributed by atoms with van der Waals surface area (Å²) in [4.78, 5) is 0.921. The van der Waals surface area contributed by atoms with E-state index in [1.165, 1.54) is 5.39 Å². The molecular formula is C11H9IOS. The molecule has 14 heavy (non-hydrogen) atoms. The predicted octanol–water partition coefficient (Wildman–Crippen LogP) is 3.18. The quantitative estimate of drug-likeness (QED) is 0.585. The molecule has 0 bridgehead atoms. The summed E-state index contributed by atoms with van der Waals surface area (Å²) in [6.45, 7) is 0. The number of hydrogen-bond acceptors (Lipinski definition) is 1. The van der Waals surface area contributed by atoms with Gasteiger partial charge in [-0.1, -0.05) is 24.3 Å². The fourth-order valence-electron chi connectivity index (χ4n) is 1.41. The molecule has 0 saturated heterocycles. The van der Waals surface area contributed by atoms with E-state index in [0.717, 1.165) is 13.9 Å². The molecule has 0 aliphatic heterocycles. The lowest BCUT2D eigenvalue weighted by atomic mass is 10.1. The molecule has 3 heteroatoms. The predicted molar refractivity (Wildman–Crippen MR) is 69.0 cm³/mol. The molecule has 0 spiro atoms. The highest BCUT2D eigenvalue weighted by molar-refractivity contribution is 14.1. The Hall–Kier alpha value is -0.260. The second-order valence-electron chi connectivity index (χ2n) is 3.08. The van der Waals surface area contributed by atoms with E-state index in [0.29, 0.717) is 0 Å². The average Bonchev–Trinajstić information content (AvgIpc) is 2.16. The van der Waals surface area contributed by atoms with Gasteiger partial charge in [0, 0.05) is 6.07 Å². The van der Waals surface area contributed by atoms with E-state index < -0.39 is 11.2 Å². The van der Waals surface area contributed by atoms with Crippen LogP contribution in [-0.2, 0) is 11.2 Å². The molecule has 2 rings (SSSR count). The molecule has 1 nitrogen and oxygen atoms in total. The largest absolute Gasteiger partial charge is 0.612 e. The average molecular weight is 316 g/mol. The number of benzene rings is 2. The molecule has 72 valence electrons. The summed E-state index contributed by atoms with van der Waals surface area (Å²) in [6.07, 6.45) is 1.71. The fourth-order valence-corrected chi connectivity index (χ4v) is 3.46. The molecule has 0 N–H and O–H groups in total. The lowest BCUT2D eigenvalue weighted by molar-refractivity contribution is 0.600. The highest BCUT2D eigenvalue weighted by Crippen LogP contribution is 2.24. The van der Waals surface area contributed by atoms with Gasteiger partial charge in [-0.25, -0.2) is 0 Å². The minimum atomic E-state index is -0.904. The van der Waals surface area contributed by atoms with Gasteiger partial charge in [-0.3, -0.25) is 0 Å². The number of halogens is 1. The summed E-state index contributed by atoms with van der Waals surface area (Å²) in [5.74, 6) is 0. The summed E-state index contributed by atoms with van der Waals surface area (Å²) in [5.41, 5.74) is 0. The Morgan fingerprint density at radius 2 is 1.71 bits per heavy atom. The topological polar surface area (TPSA) is 23.1 Å². The van der Waals surface area contributed by atoms with Gasteiger partial charge in [0.15, 0.2) is 4.90 Å². The van der Waals surface area contributed by atoms with Gasteiger partial charge in [0.05, 0.1) is 3.57 Å². The Morgan fingerprint density at radius 1 is 1.14 bits per heavy atom. The Bertz CT molecular complexity index is 468. The monoisotopic (exact) mass is 316 g/mol. The minimum Gasteiger partial charge on any atom is -0.612 e. The first-order valence-corrected chi connectivity index (χ1v) is 6.84. The third kappa shape index (κ3) is 1.89. The van der Waals surface area contributed by atoms with Gasteiger partial charge in [-0.05, 0) is 50.6 Å². The van der Waals surface area contributed by atoms with E-state index in [2.05, 4.69) is 34.7 Å². The van der Waals surface area contributed by atoms with Crippen LogP contribution in [0.15, 0.2) is 41.3 Å². The second kappa shape index (κ2) is 4.08. The van der Waals surface area contributed by atoms with Crippen molar-refractivity contribution in [2.24, 2.45) is 0 Å². The molecule has 2 aromatic carbocycles. The third-order valence-corrected chi connectivity index (χ3v) is 4.33. The lowest BCUT2D eigenvalue weighted by Gasteiger charge is -2.07. The zero-order valence-corrected chi connectivity index (χ0v) is 10.6. The zero-order valence-electron chi connectivity index (χ0n) is 7.66. The summed E-state index contributed by atoms with van der Waals surface area (Å²) in [7, 11) is 0. The number of hydrogen-bond donors (Lipinski definition) is 0. The summed E-state index contributed by atoms with van der Waals surface area (Å²) in [6, 6.07) is 12.2. The number of rotatable bonds is 1. The first-order valence-electron chi connectivity index (χ1n) is 4.20. The van der Waals surface area contributed by atoms with Gasteiger partial charge < -0.3 is 4.55 Å². The maximum Gasteiger partial charge on any atom is 0.166 e. The van der Waals surface area contributed by atoms with Crippen molar-refractivity contribution in [2.75, 3.05) is 6.26 Å². The van der Waals surface area contributed by atoms with E-state index in [-0.39, 0.29) is 0 Å². The zero-order chi connectivity index (χ0) is 10.1. The van der Waals surface area contributed by atoms with Crippen LogP contribution in [0.1, 0.15) is 0 Å². The Morgan fingerprint density at radius 3 is 2.29 bits per heavy atom. The SMILES string of the molecule is C[S+]([O-])c1cc2ccccc2cc1I. The molecule has 2 aromatic rings. The normalized spacial score (nSPS) is 13.1. The smallest absolute Gasteiger partial charge is 0.166 e. The van der Waals surface area contributed by atoms with Crippen LogP contribution in [0.2, 0.25) is 0 Å². The first kappa shape index (κ1) is 10.3. The van der Waals surface area contributed by atoms with Crippen molar-refractivity contribution in [1.29, 1.82) is 0 Å². The molecular weight excluding hydrogens is 307 g/mol. The highest BCUT2D eigenvalue weighted by atomic mass is 127. The van der Waals surface area contributed by atoms with E-state index >= 15 is 0 Å². The maximum atomic E-state index is 11.4. The minimum absolute atomic E-state index is 0.904. The summed E-state index contributed by atoms with van der Waals surface area (Å²) >= 11 is 1.33. The van der Waals surface area contributed by atoms with Crippen LogP contribution in [0.3, 0.4) is 0 Å². The van der Waals surface area contributed by atoms with Crippen molar-refractivity contribution in [3.05, 3.63) is 40.0 Å². The van der Waals surface area contributed by atoms with Crippen LogP contribution >= 0.6 is 22.6 Å². The molecule has 0 heterocycles. The summed E-state index contributed by atoms with van der Waals surface area (Å²) in [5, 5.41) is 2.35. The van der Waals surface area contributed by atoms with Crippen molar-refractivity contribution in [2.45, 2.75) is 4.90 Å². The third-order valence-electron chi connectivity index (χ3n) is 2.11. The standard InChI is InChI=1S/C11H9IOS/c1-14(13)11-7-9-5-3-2-4-8(9)6-10(11)12/h2-7H,1H3. The van der Waals surface area contributed by atoms with Crippen molar-refractivity contribution in [3.8, 4) is 0 Å². The van der Waals surface area contributed by atoms with Crippen molar-refractivity contribution in [3.63, 3.8) is 0 Å². The molecule has 1 atom stereocenters. The molecule has 0 aromatic heterocycles. The Kier molecular flexibility index (Phi) is 2.99. The van der Waals surface area contributed by atoms with Crippen molar-refractivity contribution < 1.29 is 4.55 Å². The van der Waals surface area contributed by atoms with Crippen LogP contribution in [0.25, 0.3) is 10.8 Å². The molecule has 1 unspecified atom stereocenters. The van der Waals surface area contributed by atoms with Crippen LogP contribution in [0.5, 0.6) is 0 Å². The van der Waals surface area contributed by atoms with Gasteiger partial charge in [0.25, 0.3) is 0 Å². The lowest BCUT2D eigenvalue weighted by Crippen LogP contribution is -1.99. The number of fused-ring (bicyclic) bond motifs is 1. The maximum absolute atomic E-state index is 11.4. The van der Waals surface area contributed by atoms with Gasteiger partial charge in [0.1, 0.15) is 6.26 Å². The van der Waals surface area contributed by atoms with E-state index in [4.69, 9.17) is 0 Å². The summed E-state index contributed by atoms with van der Waals surface area (Å²) < 4.78 is 12.5. The molecule has 0 aliphatic rings. The van der Waals surface area contributed by atoms with Crippen LogP contribution in [0.4, 0.5) is 0 Å². The van der Waals surface area contributed by atoms with Gasteiger partial charge in [0.2, 0.25) is 0 Å². The first-order chi connectivity index (χ1) is 6.68. The highest BCUT2D eigenvalue weighted by Gasteiger charge is 2.10. The Labute approximate surface area is 99.8 Å². The van der Waals surface area contributed by atoms with Crippen LogP contribution in [0, 0.1) is 3.57 Å². The fraction of sp³-hybridized carbons (Fsp3) is 0.0909. The van der Waals surface area contributed by atoms with E-state index in [1.54, 1.807) is 6.26 Å². The second-order valence-corrected chi connectivity index (χ2v) is 5.59. The van der Waals surface area contributed by atoms with Crippen molar-refractivity contribution >= 4 is 44.5 Å². The van der Waals surface area contributed by atoms with E-state index in [9.17, 15) is 4.55 Å².